The second kappa shape index (κ2) is 9.17. The lowest BCUT2D eigenvalue weighted by Crippen LogP contribution is -2.57. The molecule has 4 fully saturated rings. The van der Waals surface area contributed by atoms with Crippen molar-refractivity contribution in [1.82, 2.24) is 20.0 Å². The van der Waals surface area contributed by atoms with Crippen LogP contribution in [0.4, 0.5) is 4.79 Å². The molecule has 1 unspecified atom stereocenters. The number of amides is 5. The minimum absolute atomic E-state index is 0.0860. The Labute approximate surface area is 184 Å². The zero-order valence-corrected chi connectivity index (χ0v) is 18.7. The number of hydrogen-bond acceptors (Lipinski definition) is 4. The molecule has 1 aliphatic carbocycles. The van der Waals surface area contributed by atoms with E-state index in [2.05, 4.69) is 5.32 Å². The molecule has 0 aromatic heterocycles. The topological polar surface area (TPSA) is 90.0 Å². The van der Waals surface area contributed by atoms with Gasteiger partial charge in [-0.15, -0.1) is 0 Å². The van der Waals surface area contributed by atoms with E-state index in [0.29, 0.717) is 57.8 Å². The van der Waals surface area contributed by atoms with Crippen molar-refractivity contribution >= 4 is 23.8 Å². The molecule has 1 N–H and O–H groups in total. The normalized spacial score (nSPS) is 27.0. The van der Waals surface area contributed by atoms with Gasteiger partial charge in [-0.1, -0.05) is 26.2 Å². The van der Waals surface area contributed by atoms with Crippen LogP contribution in [0.2, 0.25) is 0 Å². The number of nitrogens with one attached hydrogen (secondary N) is 1. The summed E-state index contributed by atoms with van der Waals surface area (Å²) in [7, 11) is 0. The van der Waals surface area contributed by atoms with Gasteiger partial charge in [-0.2, -0.15) is 0 Å². The van der Waals surface area contributed by atoms with Gasteiger partial charge in [-0.05, 0) is 44.4 Å². The van der Waals surface area contributed by atoms with Gasteiger partial charge in [-0.3, -0.25) is 19.3 Å². The summed E-state index contributed by atoms with van der Waals surface area (Å²) in [6.45, 7) is 3.97. The fourth-order valence-corrected chi connectivity index (χ4v) is 5.83. The van der Waals surface area contributed by atoms with E-state index in [9.17, 15) is 19.2 Å². The summed E-state index contributed by atoms with van der Waals surface area (Å²) in [5, 5.41) is 2.95. The Kier molecular flexibility index (Phi) is 6.53. The lowest BCUT2D eigenvalue weighted by atomic mass is 9.86. The molecule has 5 amide bonds. The second-order valence-corrected chi connectivity index (χ2v) is 9.77. The predicted molar refractivity (Wildman–Crippen MR) is 115 cm³/mol. The Hall–Kier alpha value is -2.12. The molecule has 31 heavy (non-hydrogen) atoms. The molecule has 0 radical (unpaired) electrons. The van der Waals surface area contributed by atoms with Crippen LogP contribution in [0.25, 0.3) is 0 Å². The average molecular weight is 433 g/mol. The number of rotatable bonds is 4. The van der Waals surface area contributed by atoms with E-state index >= 15 is 0 Å². The fraction of sp³-hybridized carbons (Fsp3) is 0.826. The van der Waals surface area contributed by atoms with Crippen molar-refractivity contribution < 1.29 is 19.2 Å². The number of nitrogens with zero attached hydrogens (tertiary/aromatic N) is 3. The van der Waals surface area contributed by atoms with Gasteiger partial charge in [0, 0.05) is 39.0 Å². The molecule has 0 aromatic rings. The van der Waals surface area contributed by atoms with Crippen LogP contribution in [0.15, 0.2) is 0 Å². The molecular weight excluding hydrogens is 396 g/mol. The van der Waals surface area contributed by atoms with Crippen LogP contribution in [0.3, 0.4) is 0 Å². The number of carbonyl (C=O) groups is 4. The molecule has 4 aliphatic rings. The highest BCUT2D eigenvalue weighted by Crippen LogP contribution is 2.33. The highest BCUT2D eigenvalue weighted by atomic mass is 16.2. The molecule has 1 saturated carbocycles. The van der Waals surface area contributed by atoms with Gasteiger partial charge < -0.3 is 15.1 Å². The molecule has 0 aromatic carbocycles. The van der Waals surface area contributed by atoms with Gasteiger partial charge in [0.1, 0.15) is 5.54 Å². The summed E-state index contributed by atoms with van der Waals surface area (Å²) in [5.41, 5.74) is -0.893. The Morgan fingerprint density at radius 3 is 2.32 bits per heavy atom. The van der Waals surface area contributed by atoms with Gasteiger partial charge in [0.05, 0.1) is 6.04 Å². The Morgan fingerprint density at radius 1 is 0.935 bits per heavy atom. The van der Waals surface area contributed by atoms with Gasteiger partial charge in [0.2, 0.25) is 11.8 Å². The van der Waals surface area contributed by atoms with Gasteiger partial charge >= 0.3 is 6.03 Å². The van der Waals surface area contributed by atoms with Crippen LogP contribution in [0, 0.1) is 5.92 Å². The predicted octanol–water partition coefficient (Wildman–Crippen LogP) is 2.27. The number of hydrogen-bond donors (Lipinski definition) is 1. The summed E-state index contributed by atoms with van der Waals surface area (Å²) < 4.78 is 0. The third-order valence-corrected chi connectivity index (χ3v) is 7.77. The monoisotopic (exact) mass is 432 g/mol. The summed E-state index contributed by atoms with van der Waals surface area (Å²) in [5.74, 6) is 0.568. The lowest BCUT2D eigenvalue weighted by molar-refractivity contribution is -0.141. The Balaban J connectivity index is 1.37. The minimum atomic E-state index is -0.893. The standard InChI is InChI=1S/C23H36N4O4/c1-2-19(28)25-13-10-23(11-14-25)21(30)27(22(31)24-23)18-9-6-12-26(16-18)20(29)15-17-7-4-3-5-8-17/h17-18H,2-16H2,1H3,(H,24,31). The van der Waals surface area contributed by atoms with Gasteiger partial charge in [0.25, 0.3) is 5.91 Å². The molecule has 3 aliphatic heterocycles. The van der Waals surface area contributed by atoms with Crippen molar-refractivity contribution in [2.45, 2.75) is 89.1 Å². The molecule has 8 nitrogen and oxygen atoms in total. The third kappa shape index (κ3) is 4.44. The van der Waals surface area contributed by atoms with Crippen LogP contribution >= 0.6 is 0 Å². The minimum Gasteiger partial charge on any atom is -0.343 e. The highest BCUT2D eigenvalue weighted by Gasteiger charge is 2.54. The molecule has 1 spiro atoms. The molecule has 3 heterocycles. The van der Waals surface area contributed by atoms with E-state index in [-0.39, 0.29) is 29.8 Å². The Bertz CT molecular complexity index is 725. The molecule has 3 saturated heterocycles. The molecule has 172 valence electrons. The molecule has 8 heteroatoms. The second-order valence-electron chi connectivity index (χ2n) is 9.77. The van der Waals surface area contributed by atoms with Crippen LogP contribution in [-0.4, -0.2) is 76.2 Å². The van der Waals surface area contributed by atoms with E-state index in [1.165, 1.54) is 24.2 Å². The third-order valence-electron chi connectivity index (χ3n) is 7.77. The van der Waals surface area contributed by atoms with Crippen molar-refractivity contribution in [1.29, 1.82) is 0 Å². The summed E-state index contributed by atoms with van der Waals surface area (Å²) >= 11 is 0. The number of likely N-dealkylation sites (tertiary alicyclic amines) is 2. The molecule has 1 atom stereocenters. The number of imide groups is 1. The van der Waals surface area contributed by atoms with Crippen LogP contribution in [0.5, 0.6) is 0 Å². The average Bonchev–Trinajstić information content (AvgIpc) is 3.03. The Morgan fingerprint density at radius 2 is 1.65 bits per heavy atom. The van der Waals surface area contributed by atoms with Crippen molar-refractivity contribution in [3.05, 3.63) is 0 Å². The van der Waals surface area contributed by atoms with Crippen LogP contribution < -0.4 is 5.32 Å². The summed E-state index contributed by atoms with van der Waals surface area (Å²) in [6, 6.07) is -0.599. The first-order chi connectivity index (χ1) is 14.9. The number of piperidine rings is 2. The number of carbonyl (C=O) groups excluding carboxylic acids is 4. The summed E-state index contributed by atoms with van der Waals surface area (Å²) in [4.78, 5) is 56.1. The zero-order valence-electron chi connectivity index (χ0n) is 18.7. The van der Waals surface area contributed by atoms with Gasteiger partial charge in [-0.25, -0.2) is 4.79 Å². The SMILES string of the molecule is CCC(=O)N1CCC2(CC1)NC(=O)N(C1CCCN(C(=O)CC3CCCCC3)C1)C2=O. The van der Waals surface area contributed by atoms with E-state index in [4.69, 9.17) is 0 Å². The van der Waals surface area contributed by atoms with Crippen molar-refractivity contribution in [2.75, 3.05) is 26.2 Å². The maximum Gasteiger partial charge on any atom is 0.325 e. The first kappa shape index (κ1) is 22.1. The first-order valence-electron chi connectivity index (χ1n) is 12.1. The maximum absolute atomic E-state index is 13.4. The smallest absolute Gasteiger partial charge is 0.325 e. The van der Waals surface area contributed by atoms with Crippen LogP contribution in [0.1, 0.15) is 77.6 Å². The molecule has 0 bridgehead atoms. The largest absolute Gasteiger partial charge is 0.343 e. The van der Waals surface area contributed by atoms with Crippen LogP contribution in [-0.2, 0) is 14.4 Å². The van der Waals surface area contributed by atoms with E-state index in [0.717, 1.165) is 25.7 Å². The molecule has 4 rings (SSSR count). The van der Waals surface area contributed by atoms with Crippen molar-refractivity contribution in [3.8, 4) is 0 Å². The summed E-state index contributed by atoms with van der Waals surface area (Å²) in [6.07, 6.45) is 9.48. The van der Waals surface area contributed by atoms with Gasteiger partial charge in [0.15, 0.2) is 0 Å². The van der Waals surface area contributed by atoms with Crippen molar-refractivity contribution in [3.63, 3.8) is 0 Å². The maximum atomic E-state index is 13.4. The quantitative estimate of drug-likeness (QED) is 0.690. The van der Waals surface area contributed by atoms with E-state index < -0.39 is 5.54 Å². The number of urea groups is 1. The first-order valence-corrected chi connectivity index (χ1v) is 12.1. The zero-order chi connectivity index (χ0) is 22.0. The highest BCUT2D eigenvalue weighted by molar-refractivity contribution is 6.07. The molecular formula is C23H36N4O4. The van der Waals surface area contributed by atoms with E-state index in [1.54, 1.807) is 4.90 Å². The fourth-order valence-electron chi connectivity index (χ4n) is 5.83. The van der Waals surface area contributed by atoms with Crippen molar-refractivity contribution in [2.24, 2.45) is 5.92 Å². The lowest BCUT2D eigenvalue weighted by Gasteiger charge is -2.39. The van der Waals surface area contributed by atoms with E-state index in [1.807, 2.05) is 11.8 Å².